The van der Waals surface area contributed by atoms with E-state index >= 15 is 0 Å². The molecule has 2 heteroatoms. The van der Waals surface area contributed by atoms with Crippen LogP contribution in [-0.4, -0.2) is 6.04 Å². The third-order valence-corrected chi connectivity index (χ3v) is 3.20. The van der Waals surface area contributed by atoms with Crippen LogP contribution in [0.4, 0.5) is 0 Å². The number of nitrogens with two attached hydrogens (primary N) is 1. The lowest BCUT2D eigenvalue weighted by atomic mass is 9.96. The fourth-order valence-electron chi connectivity index (χ4n) is 1.95. The molecule has 2 N–H and O–H groups in total. The third-order valence-electron chi connectivity index (χ3n) is 3.20. The van der Waals surface area contributed by atoms with E-state index in [0.29, 0.717) is 5.92 Å². The van der Waals surface area contributed by atoms with Gasteiger partial charge in [-0.2, -0.15) is 0 Å². The molecule has 0 aliphatic rings. The second-order valence-corrected chi connectivity index (χ2v) is 4.74. The maximum Gasteiger partial charge on any atom is 0.134 e. The second kappa shape index (κ2) is 4.30. The predicted octanol–water partition coefficient (Wildman–Crippen LogP) is 3.27. The molecule has 0 bridgehead atoms. The largest absolute Gasteiger partial charge is 0.461 e. The molecule has 0 fully saturated rings. The first kappa shape index (κ1) is 11.2. The number of rotatable bonds is 3. The number of furan rings is 1. The Kier molecular flexibility index (Phi) is 3.01. The van der Waals surface area contributed by atoms with Crippen LogP contribution in [-0.2, 0) is 6.42 Å². The van der Waals surface area contributed by atoms with Gasteiger partial charge in [0.15, 0.2) is 0 Å². The minimum absolute atomic E-state index is 0.194. The van der Waals surface area contributed by atoms with Gasteiger partial charge in [0.1, 0.15) is 11.3 Å². The fraction of sp³-hybridized carbons (Fsp3) is 0.429. The van der Waals surface area contributed by atoms with Crippen molar-refractivity contribution in [2.45, 2.75) is 33.2 Å². The first-order chi connectivity index (χ1) is 7.59. The molecular weight excluding hydrogens is 198 g/mol. The molecule has 86 valence electrons. The molecule has 1 aromatic heterocycles. The zero-order valence-electron chi connectivity index (χ0n) is 10.2. The monoisotopic (exact) mass is 217 g/mol. The summed E-state index contributed by atoms with van der Waals surface area (Å²) >= 11 is 0. The Hall–Kier alpha value is -1.28. The van der Waals surface area contributed by atoms with Crippen molar-refractivity contribution in [3.8, 4) is 0 Å². The number of para-hydroxylation sites is 1. The van der Waals surface area contributed by atoms with E-state index in [1.807, 2.05) is 25.1 Å². The Morgan fingerprint density at radius 2 is 1.94 bits per heavy atom. The van der Waals surface area contributed by atoms with E-state index in [-0.39, 0.29) is 6.04 Å². The lowest BCUT2D eigenvalue weighted by molar-refractivity contribution is 0.484. The molecule has 1 aromatic carbocycles. The van der Waals surface area contributed by atoms with E-state index in [9.17, 15) is 0 Å². The molecule has 0 aliphatic heterocycles. The van der Waals surface area contributed by atoms with Crippen LogP contribution >= 0.6 is 0 Å². The molecule has 1 atom stereocenters. The van der Waals surface area contributed by atoms with Gasteiger partial charge in [0, 0.05) is 17.0 Å². The van der Waals surface area contributed by atoms with Gasteiger partial charge < -0.3 is 10.2 Å². The zero-order valence-corrected chi connectivity index (χ0v) is 10.2. The highest BCUT2D eigenvalue weighted by Gasteiger charge is 2.15. The SMILES string of the molecule is Cc1oc2ccccc2c1CC(N)C(C)C. The van der Waals surface area contributed by atoms with E-state index < -0.39 is 0 Å². The molecule has 16 heavy (non-hydrogen) atoms. The molecule has 1 heterocycles. The Bertz CT molecular complexity index is 484. The van der Waals surface area contributed by atoms with Crippen molar-refractivity contribution in [3.05, 3.63) is 35.6 Å². The van der Waals surface area contributed by atoms with E-state index in [0.717, 1.165) is 17.8 Å². The standard InChI is InChI=1S/C14H19NO/c1-9(2)13(15)8-12-10(3)16-14-7-5-4-6-11(12)14/h4-7,9,13H,8,15H2,1-3H3. The van der Waals surface area contributed by atoms with Crippen molar-refractivity contribution in [2.24, 2.45) is 11.7 Å². The van der Waals surface area contributed by atoms with Crippen LogP contribution in [0.25, 0.3) is 11.0 Å². The summed E-state index contributed by atoms with van der Waals surface area (Å²) in [7, 11) is 0. The van der Waals surface area contributed by atoms with Crippen molar-refractivity contribution in [1.29, 1.82) is 0 Å². The maximum atomic E-state index is 6.13. The third kappa shape index (κ3) is 1.98. The minimum atomic E-state index is 0.194. The average molecular weight is 217 g/mol. The normalized spacial score (nSPS) is 13.6. The van der Waals surface area contributed by atoms with Crippen molar-refractivity contribution >= 4 is 11.0 Å². The molecule has 0 saturated carbocycles. The summed E-state index contributed by atoms with van der Waals surface area (Å²) in [5.74, 6) is 1.49. The summed E-state index contributed by atoms with van der Waals surface area (Å²) < 4.78 is 5.72. The maximum absolute atomic E-state index is 6.13. The fourth-order valence-corrected chi connectivity index (χ4v) is 1.95. The van der Waals surface area contributed by atoms with Gasteiger partial charge in [0.25, 0.3) is 0 Å². The van der Waals surface area contributed by atoms with Gasteiger partial charge in [0.05, 0.1) is 0 Å². The van der Waals surface area contributed by atoms with E-state index in [1.54, 1.807) is 0 Å². The highest BCUT2D eigenvalue weighted by Crippen LogP contribution is 2.26. The van der Waals surface area contributed by atoms with Crippen molar-refractivity contribution < 1.29 is 4.42 Å². The average Bonchev–Trinajstić information content (AvgIpc) is 2.55. The highest BCUT2D eigenvalue weighted by atomic mass is 16.3. The number of benzene rings is 1. The molecule has 0 radical (unpaired) electrons. The van der Waals surface area contributed by atoms with Crippen LogP contribution < -0.4 is 5.73 Å². The van der Waals surface area contributed by atoms with Crippen LogP contribution in [0, 0.1) is 12.8 Å². The van der Waals surface area contributed by atoms with Crippen LogP contribution in [0.1, 0.15) is 25.2 Å². The summed E-state index contributed by atoms with van der Waals surface area (Å²) in [6.45, 7) is 6.33. The molecular formula is C14H19NO. The number of fused-ring (bicyclic) bond motifs is 1. The summed E-state index contributed by atoms with van der Waals surface area (Å²) in [5, 5.41) is 1.20. The van der Waals surface area contributed by atoms with Crippen molar-refractivity contribution in [2.75, 3.05) is 0 Å². The van der Waals surface area contributed by atoms with E-state index in [2.05, 4.69) is 19.9 Å². The predicted molar refractivity (Wildman–Crippen MR) is 67.5 cm³/mol. The number of aryl methyl sites for hydroxylation is 1. The Labute approximate surface area is 96.4 Å². The van der Waals surface area contributed by atoms with Gasteiger partial charge in [-0.15, -0.1) is 0 Å². The lowest BCUT2D eigenvalue weighted by Gasteiger charge is -2.14. The van der Waals surface area contributed by atoms with Crippen LogP contribution in [0.15, 0.2) is 28.7 Å². The Morgan fingerprint density at radius 1 is 1.25 bits per heavy atom. The Balaban J connectivity index is 2.40. The topological polar surface area (TPSA) is 39.2 Å². The van der Waals surface area contributed by atoms with Crippen LogP contribution in [0.2, 0.25) is 0 Å². The molecule has 1 unspecified atom stereocenters. The van der Waals surface area contributed by atoms with Crippen LogP contribution in [0.5, 0.6) is 0 Å². The number of hydrogen-bond acceptors (Lipinski definition) is 2. The lowest BCUT2D eigenvalue weighted by Crippen LogP contribution is -2.28. The van der Waals surface area contributed by atoms with Gasteiger partial charge in [-0.05, 0) is 25.3 Å². The quantitative estimate of drug-likeness (QED) is 0.857. The van der Waals surface area contributed by atoms with E-state index in [1.165, 1.54) is 10.9 Å². The minimum Gasteiger partial charge on any atom is -0.461 e. The first-order valence-electron chi connectivity index (χ1n) is 5.82. The molecule has 0 saturated heterocycles. The first-order valence-corrected chi connectivity index (χ1v) is 5.82. The number of hydrogen-bond donors (Lipinski definition) is 1. The highest BCUT2D eigenvalue weighted by molar-refractivity contribution is 5.82. The van der Waals surface area contributed by atoms with Crippen molar-refractivity contribution in [1.82, 2.24) is 0 Å². The van der Waals surface area contributed by atoms with Crippen LogP contribution in [0.3, 0.4) is 0 Å². The molecule has 2 rings (SSSR count). The zero-order chi connectivity index (χ0) is 11.7. The van der Waals surface area contributed by atoms with Gasteiger partial charge in [-0.25, -0.2) is 0 Å². The summed E-state index contributed by atoms with van der Waals surface area (Å²) in [6, 6.07) is 8.35. The summed E-state index contributed by atoms with van der Waals surface area (Å²) in [6.07, 6.45) is 0.889. The Morgan fingerprint density at radius 3 is 2.62 bits per heavy atom. The molecule has 0 aliphatic carbocycles. The second-order valence-electron chi connectivity index (χ2n) is 4.74. The summed E-state index contributed by atoms with van der Waals surface area (Å²) in [5.41, 5.74) is 8.35. The molecule has 0 amide bonds. The molecule has 0 spiro atoms. The smallest absolute Gasteiger partial charge is 0.134 e. The van der Waals surface area contributed by atoms with Gasteiger partial charge in [-0.3, -0.25) is 0 Å². The van der Waals surface area contributed by atoms with E-state index in [4.69, 9.17) is 10.2 Å². The van der Waals surface area contributed by atoms with Gasteiger partial charge in [0.2, 0.25) is 0 Å². The van der Waals surface area contributed by atoms with Crippen molar-refractivity contribution in [3.63, 3.8) is 0 Å². The van der Waals surface area contributed by atoms with Gasteiger partial charge in [-0.1, -0.05) is 32.0 Å². The molecule has 2 aromatic rings. The summed E-state index contributed by atoms with van der Waals surface area (Å²) in [4.78, 5) is 0. The van der Waals surface area contributed by atoms with Gasteiger partial charge >= 0.3 is 0 Å². The molecule has 2 nitrogen and oxygen atoms in total.